The summed E-state index contributed by atoms with van der Waals surface area (Å²) in [6, 6.07) is 4.32. The summed E-state index contributed by atoms with van der Waals surface area (Å²) in [7, 11) is 0. The Labute approximate surface area is 150 Å². The molecule has 0 aromatic heterocycles. The van der Waals surface area contributed by atoms with E-state index in [1.807, 2.05) is 12.1 Å². The van der Waals surface area contributed by atoms with Crippen LogP contribution in [0.1, 0.15) is 34.3 Å². The first-order chi connectivity index (χ1) is 12.5. The molecule has 2 aliphatic heterocycles. The first-order valence-corrected chi connectivity index (χ1v) is 8.21. The van der Waals surface area contributed by atoms with E-state index >= 15 is 0 Å². The molecule has 1 fully saturated rings. The highest BCUT2D eigenvalue weighted by molar-refractivity contribution is 6.05. The summed E-state index contributed by atoms with van der Waals surface area (Å²) >= 11 is 0. The van der Waals surface area contributed by atoms with Crippen LogP contribution < -0.4 is 16.0 Å². The number of imide groups is 1. The number of carbonyl (C=O) groups excluding carboxylic acids is 4. The van der Waals surface area contributed by atoms with Gasteiger partial charge in [-0.25, -0.2) is 4.79 Å². The standard InChI is InChI=1S/C18H18N4O4/c1-2-7-19-18(26)20-9-11-3-4-12-10-22(17(25)13(12)8-11)14-5-6-15(23)21-16(14)24/h1,3-4,8,14H,5-7,9-10H2,(H2,19,20,26)(H,21,23,24). The maximum absolute atomic E-state index is 12.7. The molecule has 26 heavy (non-hydrogen) atoms. The van der Waals surface area contributed by atoms with Gasteiger partial charge in [0.05, 0.1) is 6.54 Å². The zero-order valence-electron chi connectivity index (χ0n) is 14.0. The van der Waals surface area contributed by atoms with Gasteiger partial charge in [-0.3, -0.25) is 19.7 Å². The Morgan fingerprint density at radius 2 is 2.12 bits per heavy atom. The van der Waals surface area contributed by atoms with Crippen LogP contribution in [-0.2, 0) is 22.7 Å². The van der Waals surface area contributed by atoms with Crippen LogP contribution >= 0.6 is 0 Å². The van der Waals surface area contributed by atoms with Crippen molar-refractivity contribution in [2.24, 2.45) is 0 Å². The van der Waals surface area contributed by atoms with Gasteiger partial charge in [-0.1, -0.05) is 18.1 Å². The summed E-state index contributed by atoms with van der Waals surface area (Å²) in [5.74, 6) is 1.31. The van der Waals surface area contributed by atoms with Gasteiger partial charge in [0.1, 0.15) is 6.04 Å². The van der Waals surface area contributed by atoms with Crippen molar-refractivity contribution in [3.63, 3.8) is 0 Å². The molecule has 0 aliphatic carbocycles. The Morgan fingerprint density at radius 1 is 1.31 bits per heavy atom. The number of nitrogens with zero attached hydrogens (tertiary/aromatic N) is 1. The Hall–Kier alpha value is -3.34. The molecule has 0 radical (unpaired) electrons. The Balaban J connectivity index is 1.67. The smallest absolute Gasteiger partial charge is 0.315 e. The fourth-order valence-corrected chi connectivity index (χ4v) is 3.09. The molecule has 1 aromatic rings. The molecule has 1 unspecified atom stereocenters. The number of piperidine rings is 1. The van der Waals surface area contributed by atoms with Crippen LogP contribution in [0.15, 0.2) is 18.2 Å². The highest BCUT2D eigenvalue weighted by Crippen LogP contribution is 2.28. The number of hydrogen-bond donors (Lipinski definition) is 3. The zero-order chi connectivity index (χ0) is 18.7. The summed E-state index contributed by atoms with van der Waals surface area (Å²) in [6.45, 7) is 0.710. The maximum Gasteiger partial charge on any atom is 0.315 e. The monoisotopic (exact) mass is 354 g/mol. The second-order valence-electron chi connectivity index (χ2n) is 6.13. The van der Waals surface area contributed by atoms with Crippen molar-refractivity contribution < 1.29 is 19.2 Å². The molecule has 0 saturated carbocycles. The Bertz CT molecular complexity index is 827. The van der Waals surface area contributed by atoms with E-state index in [1.165, 1.54) is 4.90 Å². The minimum absolute atomic E-state index is 0.134. The van der Waals surface area contributed by atoms with Crippen LogP contribution in [0, 0.1) is 12.3 Å². The third-order valence-corrected chi connectivity index (χ3v) is 4.40. The van der Waals surface area contributed by atoms with Crippen LogP contribution in [-0.4, -0.2) is 41.2 Å². The second-order valence-corrected chi connectivity index (χ2v) is 6.13. The second kappa shape index (κ2) is 7.27. The van der Waals surface area contributed by atoms with Crippen molar-refractivity contribution >= 4 is 23.8 Å². The molecule has 134 valence electrons. The number of nitrogens with one attached hydrogen (secondary N) is 3. The molecule has 3 rings (SSSR count). The van der Waals surface area contributed by atoms with Crippen molar-refractivity contribution in [2.75, 3.05) is 6.54 Å². The van der Waals surface area contributed by atoms with Gasteiger partial charge >= 0.3 is 6.03 Å². The Kier molecular flexibility index (Phi) is 4.89. The zero-order valence-corrected chi connectivity index (χ0v) is 14.0. The number of rotatable bonds is 4. The summed E-state index contributed by atoms with van der Waals surface area (Å²) in [5.41, 5.74) is 2.09. The molecule has 2 aliphatic rings. The van der Waals surface area contributed by atoms with Gasteiger partial charge in [0.25, 0.3) is 5.91 Å². The molecule has 5 amide bonds. The van der Waals surface area contributed by atoms with E-state index in [0.717, 1.165) is 11.1 Å². The van der Waals surface area contributed by atoms with E-state index < -0.39 is 11.9 Å². The van der Waals surface area contributed by atoms with Crippen molar-refractivity contribution in [1.29, 1.82) is 0 Å². The normalized spacial score (nSPS) is 18.8. The van der Waals surface area contributed by atoms with Crippen molar-refractivity contribution in [3.05, 3.63) is 34.9 Å². The molecule has 8 nitrogen and oxygen atoms in total. The van der Waals surface area contributed by atoms with Gasteiger partial charge in [-0.05, 0) is 23.6 Å². The van der Waals surface area contributed by atoms with Gasteiger partial charge < -0.3 is 15.5 Å². The molecule has 2 heterocycles. The number of benzene rings is 1. The fourth-order valence-electron chi connectivity index (χ4n) is 3.09. The molecule has 1 aromatic carbocycles. The van der Waals surface area contributed by atoms with Gasteiger partial charge in [0, 0.05) is 25.1 Å². The molecule has 0 bridgehead atoms. The molecular weight excluding hydrogens is 336 g/mol. The van der Waals surface area contributed by atoms with Crippen molar-refractivity contribution in [2.45, 2.75) is 32.0 Å². The van der Waals surface area contributed by atoms with Gasteiger partial charge in [-0.2, -0.15) is 0 Å². The van der Waals surface area contributed by atoms with Crippen LogP contribution in [0.2, 0.25) is 0 Å². The lowest BCUT2D eigenvalue weighted by Gasteiger charge is -2.29. The molecule has 1 atom stereocenters. The lowest BCUT2D eigenvalue weighted by Crippen LogP contribution is -2.52. The van der Waals surface area contributed by atoms with Crippen molar-refractivity contribution in [3.8, 4) is 12.3 Å². The minimum Gasteiger partial charge on any atom is -0.334 e. The third kappa shape index (κ3) is 3.52. The van der Waals surface area contributed by atoms with Gasteiger partial charge in [0.15, 0.2) is 0 Å². The average Bonchev–Trinajstić information content (AvgIpc) is 2.94. The van der Waals surface area contributed by atoms with Gasteiger partial charge in [-0.15, -0.1) is 6.42 Å². The topological polar surface area (TPSA) is 108 Å². The lowest BCUT2D eigenvalue weighted by molar-refractivity contribution is -0.136. The van der Waals surface area contributed by atoms with Gasteiger partial charge in [0.2, 0.25) is 11.8 Å². The average molecular weight is 354 g/mol. The number of hydrogen-bond acceptors (Lipinski definition) is 4. The van der Waals surface area contributed by atoms with Crippen LogP contribution in [0.4, 0.5) is 4.79 Å². The maximum atomic E-state index is 12.7. The van der Waals surface area contributed by atoms with E-state index in [2.05, 4.69) is 21.9 Å². The largest absolute Gasteiger partial charge is 0.334 e. The number of terminal acetylenes is 1. The first kappa shape index (κ1) is 17.5. The third-order valence-electron chi connectivity index (χ3n) is 4.40. The van der Waals surface area contributed by atoms with Crippen LogP contribution in [0.3, 0.4) is 0 Å². The quantitative estimate of drug-likeness (QED) is 0.517. The predicted molar refractivity (Wildman–Crippen MR) is 91.6 cm³/mol. The Morgan fingerprint density at radius 3 is 2.85 bits per heavy atom. The number of amides is 5. The summed E-state index contributed by atoms with van der Waals surface area (Å²) in [5, 5.41) is 7.42. The van der Waals surface area contributed by atoms with E-state index in [9.17, 15) is 19.2 Å². The van der Waals surface area contributed by atoms with E-state index in [-0.39, 0.29) is 37.4 Å². The minimum atomic E-state index is -0.635. The number of fused-ring (bicyclic) bond motifs is 1. The molecular formula is C18H18N4O4. The van der Waals surface area contributed by atoms with E-state index in [4.69, 9.17) is 6.42 Å². The highest BCUT2D eigenvalue weighted by Gasteiger charge is 2.39. The van der Waals surface area contributed by atoms with E-state index in [0.29, 0.717) is 18.5 Å². The van der Waals surface area contributed by atoms with Crippen LogP contribution in [0.25, 0.3) is 0 Å². The number of carbonyl (C=O) groups is 4. The van der Waals surface area contributed by atoms with E-state index in [1.54, 1.807) is 6.07 Å². The van der Waals surface area contributed by atoms with Crippen molar-refractivity contribution in [1.82, 2.24) is 20.9 Å². The number of urea groups is 1. The summed E-state index contributed by atoms with van der Waals surface area (Å²) < 4.78 is 0. The first-order valence-electron chi connectivity index (χ1n) is 8.21. The van der Waals surface area contributed by atoms with Crippen LogP contribution in [0.5, 0.6) is 0 Å². The summed E-state index contributed by atoms with van der Waals surface area (Å²) in [4.78, 5) is 49.0. The molecule has 3 N–H and O–H groups in total. The molecule has 1 saturated heterocycles. The predicted octanol–water partition coefficient (Wildman–Crippen LogP) is -0.120. The molecule has 8 heteroatoms. The SMILES string of the molecule is C#CCNC(=O)NCc1ccc2c(c1)C(=O)N(C1CCC(=O)NC1=O)C2. The summed E-state index contributed by atoms with van der Waals surface area (Å²) in [6.07, 6.45) is 5.62. The highest BCUT2D eigenvalue weighted by atomic mass is 16.2. The lowest BCUT2D eigenvalue weighted by atomic mass is 10.0. The fraction of sp³-hybridized carbons (Fsp3) is 0.333. The molecule has 0 spiro atoms.